The first-order chi connectivity index (χ1) is 11.5. The van der Waals surface area contributed by atoms with E-state index in [1.54, 1.807) is 0 Å². The summed E-state index contributed by atoms with van der Waals surface area (Å²) in [4.78, 5) is 26.9. The number of nitro groups is 1. The van der Waals surface area contributed by atoms with Crippen molar-refractivity contribution in [3.05, 3.63) is 38.6 Å². The van der Waals surface area contributed by atoms with Crippen LogP contribution in [0.5, 0.6) is 0 Å². The summed E-state index contributed by atoms with van der Waals surface area (Å²) in [5, 5.41) is 23.3. The van der Waals surface area contributed by atoms with Gasteiger partial charge < -0.3 is 20.0 Å². The van der Waals surface area contributed by atoms with E-state index in [9.17, 15) is 20.2 Å². The van der Waals surface area contributed by atoms with Crippen molar-refractivity contribution in [1.29, 1.82) is 5.26 Å². The van der Waals surface area contributed by atoms with Gasteiger partial charge in [-0.1, -0.05) is 6.92 Å². The predicted molar refractivity (Wildman–Crippen MR) is 87.7 cm³/mol. The number of nitrogens with zero attached hydrogens (tertiary/aromatic N) is 4. The largest absolute Gasteiger partial charge is 0.381 e. The summed E-state index contributed by atoms with van der Waals surface area (Å²) in [6.07, 6.45) is 5.28. The van der Waals surface area contributed by atoms with Gasteiger partial charge in [0.25, 0.3) is 0 Å². The summed E-state index contributed by atoms with van der Waals surface area (Å²) in [5.74, 6) is -0.0655. The fourth-order valence-corrected chi connectivity index (χ4v) is 4.20. The molecule has 1 aliphatic rings. The zero-order valence-electron chi connectivity index (χ0n) is 13.0. The van der Waals surface area contributed by atoms with E-state index in [1.165, 1.54) is 33.3 Å². The lowest BCUT2D eigenvalue weighted by atomic mass is 9.89. The lowest BCUT2D eigenvalue weighted by molar-refractivity contribution is -0.389. The van der Waals surface area contributed by atoms with E-state index in [-0.39, 0.29) is 18.3 Å². The molecule has 1 amide bonds. The molecule has 0 unspecified atom stereocenters. The molecule has 0 saturated heterocycles. The fourth-order valence-electron chi connectivity index (χ4n) is 2.82. The number of carbonyl (C=O) groups is 1. The Balaban J connectivity index is 1.74. The molecule has 1 aliphatic carbocycles. The molecule has 24 heavy (non-hydrogen) atoms. The lowest BCUT2D eigenvalue weighted by Gasteiger charge is -2.17. The third kappa shape index (κ3) is 3.14. The standard InChI is InChI=1S/C15H15N5O3S/c1-9-2-3-10-11(5-16)15(24-12(10)4-9)18-14(21)7-19-6-13(17-8-19)20(22)23/h6,8-9H,2-4,7H2,1H3,(H,18,21)/t9-/m1/s1. The van der Waals surface area contributed by atoms with Gasteiger partial charge in [0.2, 0.25) is 12.2 Å². The van der Waals surface area contributed by atoms with Crippen molar-refractivity contribution in [2.45, 2.75) is 32.7 Å². The number of amides is 1. The van der Waals surface area contributed by atoms with Crippen molar-refractivity contribution in [1.82, 2.24) is 9.55 Å². The summed E-state index contributed by atoms with van der Waals surface area (Å²) in [6, 6.07) is 2.19. The summed E-state index contributed by atoms with van der Waals surface area (Å²) in [6.45, 7) is 2.09. The van der Waals surface area contributed by atoms with Crippen LogP contribution in [0, 0.1) is 27.4 Å². The highest BCUT2D eigenvalue weighted by atomic mass is 32.1. The molecule has 2 aromatic heterocycles. The lowest BCUT2D eigenvalue weighted by Crippen LogP contribution is -2.17. The first-order valence-electron chi connectivity index (χ1n) is 7.48. The average Bonchev–Trinajstić information content (AvgIpc) is 3.10. The molecule has 3 rings (SSSR count). The highest BCUT2D eigenvalue weighted by Gasteiger charge is 2.24. The summed E-state index contributed by atoms with van der Waals surface area (Å²) in [7, 11) is 0. The van der Waals surface area contributed by atoms with Crippen LogP contribution in [-0.2, 0) is 24.2 Å². The molecule has 1 atom stereocenters. The number of carbonyl (C=O) groups excluding carboxylic acids is 1. The van der Waals surface area contributed by atoms with Crippen molar-refractivity contribution < 1.29 is 9.72 Å². The molecule has 0 aromatic carbocycles. The molecule has 9 heteroatoms. The minimum absolute atomic E-state index is 0.0926. The summed E-state index contributed by atoms with van der Waals surface area (Å²) < 4.78 is 1.34. The molecule has 0 saturated carbocycles. The number of hydrogen-bond acceptors (Lipinski definition) is 6. The molecule has 0 aliphatic heterocycles. The molecule has 0 bridgehead atoms. The molecule has 0 fully saturated rings. The number of hydrogen-bond donors (Lipinski definition) is 1. The van der Waals surface area contributed by atoms with Crippen LogP contribution in [0.1, 0.15) is 29.3 Å². The maximum absolute atomic E-state index is 12.2. The molecule has 124 valence electrons. The molecule has 0 radical (unpaired) electrons. The van der Waals surface area contributed by atoms with Gasteiger partial charge in [-0.05, 0) is 40.7 Å². The van der Waals surface area contributed by atoms with Crippen LogP contribution in [0.4, 0.5) is 10.8 Å². The number of anilines is 1. The van der Waals surface area contributed by atoms with Gasteiger partial charge in [0.1, 0.15) is 23.8 Å². The second-order valence-electron chi connectivity index (χ2n) is 5.88. The van der Waals surface area contributed by atoms with Crippen LogP contribution in [0.3, 0.4) is 0 Å². The second-order valence-corrected chi connectivity index (χ2v) is 6.98. The number of nitriles is 1. The van der Waals surface area contributed by atoms with Crippen molar-refractivity contribution in [2.75, 3.05) is 5.32 Å². The fraction of sp³-hybridized carbons (Fsp3) is 0.400. The van der Waals surface area contributed by atoms with Crippen LogP contribution in [-0.4, -0.2) is 20.4 Å². The Kier molecular flexibility index (Phi) is 4.31. The normalized spacial score (nSPS) is 16.2. The zero-order chi connectivity index (χ0) is 17.3. The van der Waals surface area contributed by atoms with Gasteiger partial charge in [0, 0.05) is 4.88 Å². The van der Waals surface area contributed by atoms with E-state index in [0.717, 1.165) is 24.8 Å². The van der Waals surface area contributed by atoms with Crippen molar-refractivity contribution in [3.8, 4) is 6.07 Å². The number of nitrogens with one attached hydrogen (secondary N) is 1. The van der Waals surface area contributed by atoms with Crippen LogP contribution in [0.15, 0.2) is 12.5 Å². The highest BCUT2D eigenvalue weighted by molar-refractivity contribution is 7.16. The summed E-state index contributed by atoms with van der Waals surface area (Å²) in [5.41, 5.74) is 1.60. The van der Waals surface area contributed by atoms with Gasteiger partial charge in [0.05, 0.1) is 5.56 Å². The predicted octanol–water partition coefficient (Wildman–Crippen LogP) is 2.49. The Hall–Kier alpha value is -2.73. The topological polar surface area (TPSA) is 114 Å². The van der Waals surface area contributed by atoms with Gasteiger partial charge in [-0.2, -0.15) is 5.26 Å². The Labute approximate surface area is 141 Å². The third-order valence-electron chi connectivity index (χ3n) is 4.01. The molecular formula is C15H15N5O3S. The highest BCUT2D eigenvalue weighted by Crippen LogP contribution is 2.39. The maximum Gasteiger partial charge on any atom is 0.381 e. The number of thiophene rings is 1. The van der Waals surface area contributed by atoms with E-state index in [1.807, 2.05) is 0 Å². The molecular weight excluding hydrogens is 330 g/mol. The number of fused-ring (bicyclic) bond motifs is 1. The van der Waals surface area contributed by atoms with Crippen LogP contribution in [0.2, 0.25) is 0 Å². The number of aromatic nitrogens is 2. The Morgan fingerprint density at radius 1 is 1.67 bits per heavy atom. The van der Waals surface area contributed by atoms with E-state index < -0.39 is 4.92 Å². The number of rotatable bonds is 4. The average molecular weight is 345 g/mol. The van der Waals surface area contributed by atoms with Crippen molar-refractivity contribution in [2.24, 2.45) is 5.92 Å². The maximum atomic E-state index is 12.2. The Morgan fingerprint density at radius 2 is 2.46 bits per heavy atom. The smallest absolute Gasteiger partial charge is 0.358 e. The van der Waals surface area contributed by atoms with Crippen LogP contribution in [0.25, 0.3) is 0 Å². The molecule has 0 spiro atoms. The number of imidazole rings is 1. The summed E-state index contributed by atoms with van der Waals surface area (Å²) >= 11 is 1.45. The first-order valence-corrected chi connectivity index (χ1v) is 8.30. The van der Waals surface area contributed by atoms with Crippen molar-refractivity contribution >= 4 is 28.1 Å². The van der Waals surface area contributed by atoms with Gasteiger partial charge in [-0.15, -0.1) is 11.3 Å². The minimum Gasteiger partial charge on any atom is -0.358 e. The molecule has 2 aromatic rings. The van der Waals surface area contributed by atoms with Gasteiger partial charge in [-0.25, -0.2) is 0 Å². The zero-order valence-corrected chi connectivity index (χ0v) is 13.8. The Bertz CT molecular complexity index is 848. The molecule has 8 nitrogen and oxygen atoms in total. The van der Waals surface area contributed by atoms with Crippen LogP contribution >= 0.6 is 11.3 Å². The van der Waals surface area contributed by atoms with E-state index >= 15 is 0 Å². The minimum atomic E-state index is -0.614. The quantitative estimate of drug-likeness (QED) is 0.675. The van der Waals surface area contributed by atoms with Crippen molar-refractivity contribution in [3.63, 3.8) is 0 Å². The van der Waals surface area contributed by atoms with E-state index in [0.29, 0.717) is 16.5 Å². The first kappa shape index (κ1) is 16.1. The third-order valence-corrected chi connectivity index (χ3v) is 5.18. The van der Waals surface area contributed by atoms with E-state index in [2.05, 4.69) is 23.3 Å². The molecule has 2 heterocycles. The van der Waals surface area contributed by atoms with E-state index in [4.69, 9.17) is 0 Å². The second kappa shape index (κ2) is 6.41. The SMILES string of the molecule is C[C@@H]1CCc2c(sc(NC(=O)Cn3cnc([N+](=O)[O-])c3)c2C#N)C1. The van der Waals surface area contributed by atoms with Gasteiger partial charge in [-0.3, -0.25) is 4.79 Å². The monoisotopic (exact) mass is 345 g/mol. The Morgan fingerprint density at radius 3 is 3.12 bits per heavy atom. The molecule has 1 N–H and O–H groups in total. The van der Waals surface area contributed by atoms with Gasteiger partial charge >= 0.3 is 5.82 Å². The van der Waals surface area contributed by atoms with Gasteiger partial charge in [0.15, 0.2) is 0 Å². The van der Waals surface area contributed by atoms with Crippen LogP contribution < -0.4 is 5.32 Å².